The molecule has 0 atom stereocenters. The second-order valence-corrected chi connectivity index (χ2v) is 6.61. The Morgan fingerprint density at radius 1 is 1.17 bits per heavy atom. The van der Waals surface area contributed by atoms with E-state index in [-0.39, 0.29) is 11.4 Å². The van der Waals surface area contributed by atoms with Crippen LogP contribution in [0.3, 0.4) is 0 Å². The minimum Gasteiger partial charge on any atom is -0.369 e. The number of nitrogens with one attached hydrogen (secondary N) is 1. The zero-order chi connectivity index (χ0) is 17.7. The minimum absolute atomic E-state index is 0.0388. The molecule has 0 aliphatic rings. The van der Waals surface area contributed by atoms with Crippen LogP contribution < -0.4 is 16.6 Å². The van der Waals surface area contributed by atoms with Gasteiger partial charge >= 0.3 is 5.69 Å². The number of rotatable bonds is 6. The van der Waals surface area contributed by atoms with E-state index in [1.807, 2.05) is 6.07 Å². The molecule has 0 spiro atoms. The van der Waals surface area contributed by atoms with Crippen LogP contribution in [0.15, 0.2) is 33.9 Å². The smallest absolute Gasteiger partial charge is 0.332 e. The summed E-state index contributed by atoms with van der Waals surface area (Å²) < 4.78 is 2.24. The van der Waals surface area contributed by atoms with Gasteiger partial charge in [-0.3, -0.25) is 13.9 Å². The molecule has 0 bridgehead atoms. The SMILES string of the molecule is Cc1ccc(CSCCNc2c(C#N)c(=O)n(C)c(=O)n2C)cc1. The summed E-state index contributed by atoms with van der Waals surface area (Å²) in [6.45, 7) is 2.62. The molecule has 0 unspecified atom stereocenters. The summed E-state index contributed by atoms with van der Waals surface area (Å²) in [5, 5.41) is 12.2. The third-order valence-electron chi connectivity index (χ3n) is 3.70. The molecule has 2 rings (SSSR count). The highest BCUT2D eigenvalue weighted by atomic mass is 32.2. The maximum Gasteiger partial charge on any atom is 0.332 e. The average molecular weight is 344 g/mol. The fourth-order valence-corrected chi connectivity index (χ4v) is 3.09. The van der Waals surface area contributed by atoms with Crippen LogP contribution in [0.25, 0.3) is 0 Å². The van der Waals surface area contributed by atoms with Crippen molar-refractivity contribution in [2.45, 2.75) is 12.7 Å². The fourth-order valence-electron chi connectivity index (χ4n) is 2.27. The highest BCUT2D eigenvalue weighted by molar-refractivity contribution is 7.98. The monoisotopic (exact) mass is 344 g/mol. The van der Waals surface area contributed by atoms with Crippen molar-refractivity contribution < 1.29 is 0 Å². The lowest BCUT2D eigenvalue weighted by Gasteiger charge is -2.13. The molecule has 6 nitrogen and oxygen atoms in total. The Hall–Kier alpha value is -2.46. The normalized spacial score (nSPS) is 10.4. The van der Waals surface area contributed by atoms with Gasteiger partial charge in [-0.1, -0.05) is 29.8 Å². The van der Waals surface area contributed by atoms with Crippen molar-refractivity contribution in [1.82, 2.24) is 9.13 Å². The number of hydrogen-bond donors (Lipinski definition) is 1. The van der Waals surface area contributed by atoms with Crippen LogP contribution in [0.1, 0.15) is 16.7 Å². The van der Waals surface area contributed by atoms with Gasteiger partial charge in [0.15, 0.2) is 5.56 Å². The van der Waals surface area contributed by atoms with E-state index in [4.69, 9.17) is 0 Å². The fraction of sp³-hybridized carbons (Fsp3) is 0.353. The van der Waals surface area contributed by atoms with Gasteiger partial charge in [0, 0.05) is 32.1 Å². The Kier molecular flexibility index (Phi) is 5.88. The van der Waals surface area contributed by atoms with Gasteiger partial charge in [0.25, 0.3) is 5.56 Å². The van der Waals surface area contributed by atoms with E-state index < -0.39 is 11.2 Å². The van der Waals surface area contributed by atoms with Crippen LogP contribution in [0.5, 0.6) is 0 Å². The number of aromatic nitrogens is 2. The van der Waals surface area contributed by atoms with Crippen LogP contribution >= 0.6 is 11.8 Å². The van der Waals surface area contributed by atoms with Crippen LogP contribution in [0.4, 0.5) is 5.82 Å². The molecule has 2 aromatic rings. The van der Waals surface area contributed by atoms with Gasteiger partial charge in [0.1, 0.15) is 11.9 Å². The lowest BCUT2D eigenvalue weighted by Crippen LogP contribution is -2.40. The molecule has 7 heteroatoms. The van der Waals surface area contributed by atoms with Crippen molar-refractivity contribution in [3.8, 4) is 6.07 Å². The lowest BCUT2D eigenvalue weighted by molar-refractivity contribution is 0.686. The second-order valence-electron chi connectivity index (χ2n) is 5.51. The topological polar surface area (TPSA) is 79.8 Å². The quantitative estimate of drug-likeness (QED) is 0.805. The van der Waals surface area contributed by atoms with E-state index in [1.54, 1.807) is 18.8 Å². The van der Waals surface area contributed by atoms with E-state index in [0.29, 0.717) is 6.54 Å². The summed E-state index contributed by atoms with van der Waals surface area (Å²) in [6.07, 6.45) is 0. The second kappa shape index (κ2) is 7.88. The highest BCUT2D eigenvalue weighted by Gasteiger charge is 2.14. The van der Waals surface area contributed by atoms with Gasteiger partial charge in [-0.15, -0.1) is 0 Å². The summed E-state index contributed by atoms with van der Waals surface area (Å²) in [5.74, 6) is 1.96. The zero-order valence-electron chi connectivity index (χ0n) is 14.0. The maximum atomic E-state index is 12.0. The molecule has 0 aliphatic carbocycles. The van der Waals surface area contributed by atoms with Crippen molar-refractivity contribution in [1.29, 1.82) is 5.26 Å². The molecule has 1 aromatic carbocycles. The number of nitrogens with zero attached hydrogens (tertiary/aromatic N) is 3. The van der Waals surface area contributed by atoms with Crippen molar-refractivity contribution in [3.05, 3.63) is 61.8 Å². The number of anilines is 1. The van der Waals surface area contributed by atoms with Gasteiger partial charge in [0.2, 0.25) is 0 Å². The summed E-state index contributed by atoms with van der Waals surface area (Å²) in [7, 11) is 2.91. The predicted molar refractivity (Wildman–Crippen MR) is 97.5 cm³/mol. The molecule has 0 saturated heterocycles. The number of aryl methyl sites for hydroxylation is 1. The Morgan fingerprint density at radius 2 is 1.83 bits per heavy atom. The molecular formula is C17H20N4O2S. The van der Waals surface area contributed by atoms with Gasteiger partial charge in [-0.25, -0.2) is 4.79 Å². The molecule has 1 N–H and O–H groups in total. The molecule has 0 saturated carbocycles. The number of benzene rings is 1. The standard InChI is InChI=1S/C17H20N4O2S/c1-12-4-6-13(7-5-12)11-24-9-8-19-15-14(10-18)16(22)21(3)17(23)20(15)2/h4-7,19H,8-9,11H2,1-3H3. The molecule has 0 fully saturated rings. The van der Waals surface area contributed by atoms with E-state index in [2.05, 4.69) is 36.5 Å². The lowest BCUT2D eigenvalue weighted by atomic mass is 10.2. The largest absolute Gasteiger partial charge is 0.369 e. The van der Waals surface area contributed by atoms with Gasteiger partial charge in [0.05, 0.1) is 0 Å². The van der Waals surface area contributed by atoms with Gasteiger partial charge in [-0.2, -0.15) is 17.0 Å². The summed E-state index contributed by atoms with van der Waals surface area (Å²) in [4.78, 5) is 23.9. The van der Waals surface area contributed by atoms with Gasteiger partial charge < -0.3 is 5.32 Å². The van der Waals surface area contributed by atoms with Crippen molar-refractivity contribution >= 4 is 17.6 Å². The first-order chi connectivity index (χ1) is 11.5. The Balaban J connectivity index is 1.98. The van der Waals surface area contributed by atoms with Crippen LogP contribution in [0, 0.1) is 18.3 Å². The van der Waals surface area contributed by atoms with Crippen LogP contribution in [-0.2, 0) is 19.8 Å². The number of hydrogen-bond acceptors (Lipinski definition) is 5. The first-order valence-electron chi connectivity index (χ1n) is 7.53. The summed E-state index contributed by atoms with van der Waals surface area (Å²) >= 11 is 1.75. The molecule has 0 amide bonds. The molecule has 24 heavy (non-hydrogen) atoms. The summed E-state index contributed by atoms with van der Waals surface area (Å²) in [5.41, 5.74) is 1.43. The molecular weight excluding hydrogens is 324 g/mol. The van der Waals surface area contributed by atoms with Gasteiger partial charge in [-0.05, 0) is 12.5 Å². The maximum absolute atomic E-state index is 12.0. The molecule has 0 radical (unpaired) electrons. The molecule has 1 aromatic heterocycles. The Bertz CT molecular complexity index is 876. The number of thioether (sulfide) groups is 1. The minimum atomic E-state index is -0.574. The Morgan fingerprint density at radius 3 is 2.46 bits per heavy atom. The Labute approximate surface area is 144 Å². The summed E-state index contributed by atoms with van der Waals surface area (Å²) in [6, 6.07) is 10.3. The van der Waals surface area contributed by atoms with E-state index in [1.165, 1.54) is 22.7 Å². The highest BCUT2D eigenvalue weighted by Crippen LogP contribution is 2.13. The van der Waals surface area contributed by atoms with Crippen LogP contribution in [-0.4, -0.2) is 21.4 Å². The zero-order valence-corrected chi connectivity index (χ0v) is 14.8. The van der Waals surface area contributed by atoms with Crippen molar-refractivity contribution in [2.75, 3.05) is 17.6 Å². The molecule has 1 heterocycles. The average Bonchev–Trinajstić information content (AvgIpc) is 2.58. The van der Waals surface area contributed by atoms with E-state index in [0.717, 1.165) is 16.1 Å². The van der Waals surface area contributed by atoms with E-state index >= 15 is 0 Å². The van der Waals surface area contributed by atoms with Crippen LogP contribution in [0.2, 0.25) is 0 Å². The third-order valence-corrected chi connectivity index (χ3v) is 4.73. The van der Waals surface area contributed by atoms with Crippen molar-refractivity contribution in [3.63, 3.8) is 0 Å². The molecule has 126 valence electrons. The first-order valence-corrected chi connectivity index (χ1v) is 8.68. The molecule has 0 aliphatic heterocycles. The number of nitriles is 1. The third kappa shape index (κ3) is 3.89. The first kappa shape index (κ1) is 17.9. The van der Waals surface area contributed by atoms with E-state index in [9.17, 15) is 14.9 Å². The van der Waals surface area contributed by atoms with Crippen molar-refractivity contribution in [2.24, 2.45) is 14.1 Å². The predicted octanol–water partition coefficient (Wildman–Crippen LogP) is 1.61.